The van der Waals surface area contributed by atoms with Crippen molar-refractivity contribution in [3.05, 3.63) is 65.6 Å². The van der Waals surface area contributed by atoms with E-state index in [-0.39, 0.29) is 12.4 Å². The van der Waals surface area contributed by atoms with E-state index in [4.69, 9.17) is 19.7 Å². The molecular formula is C29H35FN2O4. The first-order valence-electron chi connectivity index (χ1n) is 12.7. The smallest absolute Gasteiger partial charge is 0.329 e. The molecule has 1 heterocycles. The van der Waals surface area contributed by atoms with E-state index < -0.39 is 5.97 Å². The molecule has 0 amide bonds. The van der Waals surface area contributed by atoms with Crippen LogP contribution < -0.4 is 0 Å². The molecule has 0 spiro atoms. The van der Waals surface area contributed by atoms with Gasteiger partial charge in [-0.25, -0.2) is 9.18 Å². The van der Waals surface area contributed by atoms with Crippen molar-refractivity contribution in [2.45, 2.75) is 45.6 Å². The van der Waals surface area contributed by atoms with Crippen LogP contribution in [0.5, 0.6) is 0 Å². The highest BCUT2D eigenvalue weighted by Gasteiger charge is 2.27. The highest BCUT2D eigenvalue weighted by Crippen LogP contribution is 2.39. The molecule has 1 saturated carbocycles. The number of aliphatic carboxylic acids is 1. The van der Waals surface area contributed by atoms with E-state index in [9.17, 15) is 4.79 Å². The van der Waals surface area contributed by atoms with Gasteiger partial charge < -0.3 is 14.6 Å². The van der Waals surface area contributed by atoms with Gasteiger partial charge in [0.25, 0.3) is 0 Å². The highest BCUT2D eigenvalue weighted by molar-refractivity contribution is 5.83. The van der Waals surface area contributed by atoms with E-state index in [1.165, 1.54) is 0 Å². The van der Waals surface area contributed by atoms with Crippen LogP contribution in [0.25, 0.3) is 22.4 Å². The minimum absolute atomic E-state index is 0.245. The van der Waals surface area contributed by atoms with Gasteiger partial charge in [0.15, 0.2) is 0 Å². The summed E-state index contributed by atoms with van der Waals surface area (Å²) in [5.74, 6) is -0.390. The number of carboxylic acid groups (broad SMARTS) is 1. The van der Waals surface area contributed by atoms with Gasteiger partial charge in [-0.1, -0.05) is 36.4 Å². The Balaban J connectivity index is 1.65. The fraction of sp³-hybridized carbons (Fsp3) is 0.448. The van der Waals surface area contributed by atoms with Gasteiger partial charge in [-0.3, -0.25) is 4.68 Å². The summed E-state index contributed by atoms with van der Waals surface area (Å²) in [5, 5.41) is 13.8. The van der Waals surface area contributed by atoms with Crippen LogP contribution in [-0.2, 0) is 27.2 Å². The van der Waals surface area contributed by atoms with Gasteiger partial charge in [-0.2, -0.15) is 5.10 Å². The number of methoxy groups -OCH3 is 1. The van der Waals surface area contributed by atoms with Crippen molar-refractivity contribution in [3.63, 3.8) is 0 Å². The molecule has 2 aromatic carbocycles. The van der Waals surface area contributed by atoms with Crippen molar-refractivity contribution in [1.29, 1.82) is 0 Å². The lowest BCUT2D eigenvalue weighted by atomic mass is 9.82. The van der Waals surface area contributed by atoms with Gasteiger partial charge in [0, 0.05) is 31.2 Å². The second kappa shape index (κ2) is 12.3. The topological polar surface area (TPSA) is 73.6 Å². The van der Waals surface area contributed by atoms with Crippen molar-refractivity contribution in [1.82, 2.24) is 9.78 Å². The summed E-state index contributed by atoms with van der Waals surface area (Å²) in [6.07, 6.45) is 4.63. The molecule has 3 aromatic rings. The lowest BCUT2D eigenvalue weighted by Crippen LogP contribution is -2.23. The molecule has 7 heteroatoms. The third-order valence-electron chi connectivity index (χ3n) is 6.99. The number of carbonyl (C=O) groups is 1. The Morgan fingerprint density at radius 2 is 1.83 bits per heavy atom. The van der Waals surface area contributed by atoms with Gasteiger partial charge in [0.2, 0.25) is 0 Å². The van der Waals surface area contributed by atoms with Crippen LogP contribution in [-0.4, -0.2) is 47.8 Å². The minimum Gasteiger partial charge on any atom is -0.480 e. The van der Waals surface area contributed by atoms with Crippen LogP contribution in [0, 0.1) is 24.6 Å². The molecule has 1 aromatic heterocycles. The van der Waals surface area contributed by atoms with Crippen LogP contribution in [0.3, 0.4) is 0 Å². The number of aromatic nitrogens is 2. The van der Waals surface area contributed by atoms with Gasteiger partial charge in [0.1, 0.15) is 12.4 Å². The van der Waals surface area contributed by atoms with E-state index in [1.54, 1.807) is 13.2 Å². The maximum atomic E-state index is 15.4. The Morgan fingerprint density at radius 3 is 2.50 bits per heavy atom. The first-order valence-corrected chi connectivity index (χ1v) is 12.7. The molecule has 192 valence electrons. The van der Waals surface area contributed by atoms with Gasteiger partial charge >= 0.3 is 5.97 Å². The summed E-state index contributed by atoms with van der Waals surface area (Å²) < 4.78 is 28.1. The van der Waals surface area contributed by atoms with Crippen LogP contribution >= 0.6 is 0 Å². The average molecular weight is 495 g/mol. The maximum Gasteiger partial charge on any atom is 0.329 e. The molecule has 1 fully saturated rings. The maximum absolute atomic E-state index is 15.4. The van der Waals surface area contributed by atoms with Crippen molar-refractivity contribution in [3.8, 4) is 22.4 Å². The number of carboxylic acids is 1. The van der Waals surface area contributed by atoms with Crippen molar-refractivity contribution >= 4 is 5.97 Å². The zero-order valence-corrected chi connectivity index (χ0v) is 21.1. The summed E-state index contributed by atoms with van der Waals surface area (Å²) in [5.41, 5.74) is 5.15. The third-order valence-corrected chi connectivity index (χ3v) is 6.99. The summed E-state index contributed by atoms with van der Waals surface area (Å²) in [6.45, 7) is 3.38. The fourth-order valence-corrected chi connectivity index (χ4v) is 5.15. The molecule has 6 nitrogen and oxygen atoms in total. The SMILES string of the molecule is COCCc1nn(C[C@H]2CC[C@@H](COCC(=O)O)CC2)c(-c2ccc(C)cc2F)c1-c1ccccc1. The molecule has 0 unspecified atom stereocenters. The molecule has 1 aliphatic rings. The Kier molecular flexibility index (Phi) is 8.88. The molecular weight excluding hydrogens is 459 g/mol. The highest BCUT2D eigenvalue weighted by atomic mass is 19.1. The van der Waals surface area contributed by atoms with Crippen LogP contribution in [0.1, 0.15) is 36.9 Å². The standard InChI is InChI=1S/C29H35FN2O4/c1-20-8-13-24(25(30)16-20)29-28(23-6-4-3-5-7-23)26(14-15-35-2)31-32(29)17-21-9-11-22(12-10-21)18-36-19-27(33)34/h3-8,13,16,21-22H,9-12,14-15,17-19H2,1-2H3,(H,33,34)/t21-,22+. The monoisotopic (exact) mass is 494 g/mol. The first kappa shape index (κ1) is 26.0. The molecule has 1 N–H and O–H groups in total. The van der Waals surface area contributed by atoms with Gasteiger partial charge in [-0.05, 0) is 67.7 Å². The van der Waals surface area contributed by atoms with E-state index in [2.05, 4.69) is 12.1 Å². The second-order valence-electron chi connectivity index (χ2n) is 9.74. The Hall–Kier alpha value is -3.03. The quantitative estimate of drug-likeness (QED) is 0.367. The summed E-state index contributed by atoms with van der Waals surface area (Å²) in [4.78, 5) is 10.7. The molecule has 1 aliphatic carbocycles. The molecule has 36 heavy (non-hydrogen) atoms. The number of ether oxygens (including phenoxy) is 2. The number of hydrogen-bond donors (Lipinski definition) is 1. The number of halogens is 1. The first-order chi connectivity index (χ1) is 17.5. The molecule has 0 bridgehead atoms. The number of rotatable bonds is 11. The number of aryl methyl sites for hydroxylation is 1. The number of nitrogens with zero attached hydrogens (tertiary/aromatic N) is 2. The van der Waals surface area contributed by atoms with Crippen molar-refractivity contribution < 1.29 is 23.8 Å². The Morgan fingerprint density at radius 1 is 1.11 bits per heavy atom. The van der Waals surface area contributed by atoms with Crippen LogP contribution in [0.2, 0.25) is 0 Å². The molecule has 0 aliphatic heterocycles. The fourth-order valence-electron chi connectivity index (χ4n) is 5.15. The van der Waals surface area contributed by atoms with E-state index in [0.717, 1.165) is 53.8 Å². The summed E-state index contributed by atoms with van der Waals surface area (Å²) in [7, 11) is 1.68. The molecule has 4 rings (SSSR count). The lowest BCUT2D eigenvalue weighted by molar-refractivity contribution is -0.142. The normalized spacial score (nSPS) is 17.9. The Bertz CT molecular complexity index is 1150. The summed E-state index contributed by atoms with van der Waals surface area (Å²) >= 11 is 0. The molecule has 0 saturated heterocycles. The zero-order chi connectivity index (χ0) is 25.5. The van der Waals surface area contributed by atoms with Gasteiger partial charge in [0.05, 0.1) is 24.6 Å². The van der Waals surface area contributed by atoms with Crippen LogP contribution in [0.4, 0.5) is 4.39 Å². The number of hydrogen-bond acceptors (Lipinski definition) is 4. The van der Waals surface area contributed by atoms with E-state index >= 15 is 4.39 Å². The predicted molar refractivity (Wildman–Crippen MR) is 137 cm³/mol. The molecule has 0 radical (unpaired) electrons. The van der Waals surface area contributed by atoms with E-state index in [1.807, 2.05) is 41.9 Å². The summed E-state index contributed by atoms with van der Waals surface area (Å²) in [6, 6.07) is 15.5. The zero-order valence-electron chi connectivity index (χ0n) is 21.1. The lowest BCUT2D eigenvalue weighted by Gasteiger charge is -2.28. The second-order valence-corrected chi connectivity index (χ2v) is 9.74. The van der Waals surface area contributed by atoms with Crippen molar-refractivity contribution in [2.75, 3.05) is 26.9 Å². The number of benzene rings is 2. The van der Waals surface area contributed by atoms with Crippen molar-refractivity contribution in [2.24, 2.45) is 11.8 Å². The largest absolute Gasteiger partial charge is 0.480 e. The van der Waals surface area contributed by atoms with Crippen LogP contribution in [0.15, 0.2) is 48.5 Å². The third kappa shape index (κ3) is 6.39. The molecule has 0 atom stereocenters. The Labute approximate surface area is 212 Å². The van der Waals surface area contributed by atoms with Gasteiger partial charge in [-0.15, -0.1) is 0 Å². The minimum atomic E-state index is -0.934. The van der Waals surface area contributed by atoms with E-state index in [0.29, 0.717) is 43.6 Å². The predicted octanol–water partition coefficient (Wildman–Crippen LogP) is 5.76. The average Bonchev–Trinajstić information content (AvgIpc) is 3.21.